The molecule has 0 aromatic heterocycles. The summed E-state index contributed by atoms with van der Waals surface area (Å²) in [6, 6.07) is 0. The quantitative estimate of drug-likeness (QED) is 0.562. The molecule has 1 heterocycles. The number of aliphatic hydroxyl groups is 2. The van der Waals surface area contributed by atoms with Crippen LogP contribution in [0.5, 0.6) is 0 Å². The molecule has 0 bridgehead atoms. The van der Waals surface area contributed by atoms with Crippen LogP contribution in [0, 0.1) is 0 Å². The first kappa shape index (κ1) is 12.4. The maximum atomic E-state index is 12.0. The van der Waals surface area contributed by atoms with Crippen LogP contribution in [0.3, 0.4) is 0 Å². The summed E-state index contributed by atoms with van der Waals surface area (Å²) in [4.78, 5) is 13.5. The SMILES string of the molecule is CCNC(C)(C)C(=O)N1C[C@@H](O)[C@@H](O)C1. The molecule has 0 radical (unpaired) electrons. The minimum Gasteiger partial charge on any atom is -0.388 e. The molecule has 15 heavy (non-hydrogen) atoms. The Morgan fingerprint density at radius 3 is 2.27 bits per heavy atom. The highest BCUT2D eigenvalue weighted by Gasteiger charge is 2.38. The van der Waals surface area contributed by atoms with Crippen LogP contribution in [0.2, 0.25) is 0 Å². The number of hydrogen-bond acceptors (Lipinski definition) is 4. The van der Waals surface area contributed by atoms with Crippen LogP contribution in [0.15, 0.2) is 0 Å². The molecule has 5 heteroatoms. The number of likely N-dealkylation sites (tertiary alicyclic amines) is 1. The van der Waals surface area contributed by atoms with Crippen LogP contribution >= 0.6 is 0 Å². The molecule has 88 valence electrons. The van der Waals surface area contributed by atoms with Crippen LogP contribution in [-0.2, 0) is 4.79 Å². The summed E-state index contributed by atoms with van der Waals surface area (Å²) in [5.74, 6) is -0.0834. The first-order valence-corrected chi connectivity index (χ1v) is 5.29. The van der Waals surface area contributed by atoms with E-state index in [4.69, 9.17) is 0 Å². The van der Waals surface area contributed by atoms with Crippen molar-refractivity contribution in [1.82, 2.24) is 10.2 Å². The van der Waals surface area contributed by atoms with E-state index in [0.29, 0.717) is 6.54 Å². The lowest BCUT2D eigenvalue weighted by Crippen LogP contribution is -2.53. The molecule has 5 nitrogen and oxygen atoms in total. The summed E-state index contributed by atoms with van der Waals surface area (Å²) in [5.41, 5.74) is -0.640. The zero-order chi connectivity index (χ0) is 11.6. The Balaban J connectivity index is 2.62. The number of amides is 1. The van der Waals surface area contributed by atoms with Crippen LogP contribution in [0.1, 0.15) is 20.8 Å². The Labute approximate surface area is 90.1 Å². The Kier molecular flexibility index (Phi) is 3.70. The third-order valence-corrected chi connectivity index (χ3v) is 2.70. The van der Waals surface area contributed by atoms with Gasteiger partial charge in [0.15, 0.2) is 0 Å². The van der Waals surface area contributed by atoms with E-state index in [1.165, 1.54) is 4.90 Å². The Hall–Kier alpha value is -0.650. The Morgan fingerprint density at radius 1 is 1.40 bits per heavy atom. The van der Waals surface area contributed by atoms with Gasteiger partial charge in [0.2, 0.25) is 5.91 Å². The normalized spacial score (nSPS) is 27.1. The van der Waals surface area contributed by atoms with Crippen LogP contribution in [0.25, 0.3) is 0 Å². The zero-order valence-electron chi connectivity index (χ0n) is 9.53. The van der Waals surface area contributed by atoms with Crippen molar-refractivity contribution in [2.45, 2.75) is 38.5 Å². The van der Waals surface area contributed by atoms with Crippen molar-refractivity contribution < 1.29 is 15.0 Å². The highest BCUT2D eigenvalue weighted by Crippen LogP contribution is 2.15. The number of likely N-dealkylation sites (N-methyl/N-ethyl adjacent to an activating group) is 1. The lowest BCUT2D eigenvalue weighted by atomic mass is 10.0. The Bertz CT molecular complexity index is 233. The molecular weight excluding hydrogens is 196 g/mol. The minimum absolute atomic E-state index is 0.0834. The number of carbonyl (C=O) groups excluding carboxylic acids is 1. The van der Waals surface area contributed by atoms with Gasteiger partial charge in [0.1, 0.15) is 0 Å². The van der Waals surface area contributed by atoms with Crippen LogP contribution in [0.4, 0.5) is 0 Å². The number of aliphatic hydroxyl groups excluding tert-OH is 2. The zero-order valence-corrected chi connectivity index (χ0v) is 9.53. The number of nitrogens with one attached hydrogen (secondary N) is 1. The molecule has 3 N–H and O–H groups in total. The van der Waals surface area contributed by atoms with Crippen molar-refractivity contribution in [2.75, 3.05) is 19.6 Å². The van der Waals surface area contributed by atoms with Crippen molar-refractivity contribution >= 4 is 5.91 Å². The predicted molar refractivity (Wildman–Crippen MR) is 56.3 cm³/mol. The van der Waals surface area contributed by atoms with Gasteiger partial charge in [-0.3, -0.25) is 4.79 Å². The summed E-state index contributed by atoms with van der Waals surface area (Å²) >= 11 is 0. The van der Waals surface area contributed by atoms with E-state index in [9.17, 15) is 15.0 Å². The summed E-state index contributed by atoms with van der Waals surface area (Å²) in [6.45, 7) is 6.68. The molecule has 0 saturated carbocycles. The van der Waals surface area contributed by atoms with Gasteiger partial charge < -0.3 is 20.4 Å². The van der Waals surface area contributed by atoms with Gasteiger partial charge in [-0.1, -0.05) is 6.92 Å². The molecule has 2 atom stereocenters. The molecule has 1 amide bonds. The molecule has 0 spiro atoms. The maximum Gasteiger partial charge on any atom is 0.242 e. The maximum absolute atomic E-state index is 12.0. The van der Waals surface area contributed by atoms with Gasteiger partial charge in [0.05, 0.1) is 17.7 Å². The van der Waals surface area contributed by atoms with E-state index in [2.05, 4.69) is 5.32 Å². The van der Waals surface area contributed by atoms with Gasteiger partial charge in [-0.05, 0) is 20.4 Å². The van der Waals surface area contributed by atoms with E-state index >= 15 is 0 Å². The smallest absolute Gasteiger partial charge is 0.242 e. The van der Waals surface area contributed by atoms with Crippen molar-refractivity contribution in [1.29, 1.82) is 0 Å². The van der Waals surface area contributed by atoms with Crippen molar-refractivity contribution in [2.24, 2.45) is 0 Å². The number of carbonyl (C=O) groups is 1. The summed E-state index contributed by atoms with van der Waals surface area (Å²) in [5, 5.41) is 21.8. The molecule has 0 unspecified atom stereocenters. The molecule has 1 saturated heterocycles. The summed E-state index contributed by atoms with van der Waals surface area (Å²) in [7, 11) is 0. The van der Waals surface area contributed by atoms with E-state index in [-0.39, 0.29) is 19.0 Å². The van der Waals surface area contributed by atoms with Crippen molar-refractivity contribution in [3.05, 3.63) is 0 Å². The van der Waals surface area contributed by atoms with Gasteiger partial charge in [-0.15, -0.1) is 0 Å². The van der Waals surface area contributed by atoms with E-state index in [1.807, 2.05) is 6.92 Å². The fraction of sp³-hybridized carbons (Fsp3) is 0.900. The highest BCUT2D eigenvalue weighted by atomic mass is 16.3. The van der Waals surface area contributed by atoms with Gasteiger partial charge >= 0.3 is 0 Å². The lowest BCUT2D eigenvalue weighted by Gasteiger charge is -2.29. The van der Waals surface area contributed by atoms with Gasteiger partial charge in [-0.2, -0.15) is 0 Å². The molecule has 0 aliphatic carbocycles. The highest BCUT2D eigenvalue weighted by molar-refractivity contribution is 5.85. The summed E-state index contributed by atoms with van der Waals surface area (Å²) in [6.07, 6.45) is -1.63. The van der Waals surface area contributed by atoms with E-state index < -0.39 is 17.7 Å². The third kappa shape index (κ3) is 2.68. The second-order valence-electron chi connectivity index (χ2n) is 4.50. The second kappa shape index (κ2) is 4.47. The number of β-amino-alcohol motifs (C(OH)–C–C–N with tert-alkyl or cyclic N) is 2. The average Bonchev–Trinajstić information content (AvgIpc) is 2.45. The largest absolute Gasteiger partial charge is 0.388 e. The van der Waals surface area contributed by atoms with E-state index in [1.54, 1.807) is 13.8 Å². The standard InChI is InChI=1S/C10H20N2O3/c1-4-11-10(2,3)9(15)12-5-7(13)8(14)6-12/h7-8,11,13-14H,4-6H2,1-3H3/t7-,8+. The van der Waals surface area contributed by atoms with Crippen molar-refractivity contribution in [3.63, 3.8) is 0 Å². The van der Waals surface area contributed by atoms with Crippen LogP contribution < -0.4 is 5.32 Å². The lowest BCUT2D eigenvalue weighted by molar-refractivity contribution is -0.136. The summed E-state index contributed by atoms with van der Waals surface area (Å²) < 4.78 is 0. The van der Waals surface area contributed by atoms with Crippen LogP contribution in [-0.4, -0.2) is 58.4 Å². The van der Waals surface area contributed by atoms with Gasteiger partial charge in [0.25, 0.3) is 0 Å². The first-order valence-electron chi connectivity index (χ1n) is 5.29. The first-order chi connectivity index (χ1) is 6.88. The number of hydrogen-bond donors (Lipinski definition) is 3. The van der Waals surface area contributed by atoms with Gasteiger partial charge in [-0.25, -0.2) is 0 Å². The second-order valence-corrected chi connectivity index (χ2v) is 4.50. The predicted octanol–water partition coefficient (Wildman–Crippen LogP) is -1.06. The Morgan fingerprint density at radius 2 is 1.87 bits per heavy atom. The molecule has 0 aromatic carbocycles. The molecule has 1 aliphatic rings. The van der Waals surface area contributed by atoms with Gasteiger partial charge in [0, 0.05) is 13.1 Å². The fourth-order valence-electron chi connectivity index (χ4n) is 1.85. The molecule has 1 rings (SSSR count). The average molecular weight is 216 g/mol. The number of nitrogens with zero attached hydrogens (tertiary/aromatic N) is 1. The molecule has 0 aromatic rings. The third-order valence-electron chi connectivity index (χ3n) is 2.70. The monoisotopic (exact) mass is 216 g/mol. The topological polar surface area (TPSA) is 72.8 Å². The van der Waals surface area contributed by atoms with E-state index in [0.717, 1.165) is 0 Å². The fourth-order valence-corrected chi connectivity index (χ4v) is 1.85. The minimum atomic E-state index is -0.814. The van der Waals surface area contributed by atoms with Crippen molar-refractivity contribution in [3.8, 4) is 0 Å². The molecular formula is C10H20N2O3. The molecule has 1 fully saturated rings. The molecule has 1 aliphatic heterocycles. The number of rotatable bonds is 3.